The molecule has 0 aromatic rings. The van der Waals surface area contributed by atoms with Crippen molar-refractivity contribution in [2.45, 2.75) is 104 Å². The summed E-state index contributed by atoms with van der Waals surface area (Å²) >= 11 is 0. The van der Waals surface area contributed by atoms with Crippen LogP contribution in [0.4, 0.5) is 0 Å². The Balaban J connectivity index is 3.34. The highest BCUT2D eigenvalue weighted by Crippen LogP contribution is 2.10. The third-order valence-corrected chi connectivity index (χ3v) is 4.05. The second-order valence-corrected chi connectivity index (χ2v) is 6.55. The molecule has 0 spiro atoms. The van der Waals surface area contributed by atoms with Gasteiger partial charge in [-0.2, -0.15) is 0 Å². The molecular formula is C21H38O4. The van der Waals surface area contributed by atoms with E-state index in [0.717, 1.165) is 25.7 Å². The molecule has 0 bridgehead atoms. The summed E-state index contributed by atoms with van der Waals surface area (Å²) in [6.07, 6.45) is 17.8. The van der Waals surface area contributed by atoms with Gasteiger partial charge in [-0.1, -0.05) is 78.1 Å². The van der Waals surface area contributed by atoms with Crippen molar-refractivity contribution in [2.75, 3.05) is 6.61 Å². The van der Waals surface area contributed by atoms with Gasteiger partial charge in [0.2, 0.25) is 0 Å². The molecule has 0 aliphatic rings. The van der Waals surface area contributed by atoms with Gasteiger partial charge >= 0.3 is 11.9 Å². The van der Waals surface area contributed by atoms with Crippen LogP contribution >= 0.6 is 0 Å². The summed E-state index contributed by atoms with van der Waals surface area (Å²) in [7, 11) is 0. The maximum absolute atomic E-state index is 11.5. The van der Waals surface area contributed by atoms with Crippen LogP contribution in [0.15, 0.2) is 12.3 Å². The fourth-order valence-corrected chi connectivity index (χ4v) is 2.47. The molecule has 0 aromatic heterocycles. The summed E-state index contributed by atoms with van der Waals surface area (Å²) in [6, 6.07) is 0. The zero-order valence-corrected chi connectivity index (χ0v) is 16.4. The van der Waals surface area contributed by atoms with Crippen LogP contribution in [0.1, 0.15) is 104 Å². The van der Waals surface area contributed by atoms with Crippen molar-refractivity contribution in [3.05, 3.63) is 12.3 Å². The van der Waals surface area contributed by atoms with E-state index in [2.05, 4.69) is 13.8 Å². The quantitative estimate of drug-likeness (QED) is 0.180. The lowest BCUT2D eigenvalue weighted by Crippen LogP contribution is -2.09. The monoisotopic (exact) mass is 354 g/mol. The summed E-state index contributed by atoms with van der Waals surface area (Å²) in [4.78, 5) is 22.9. The molecule has 0 aliphatic carbocycles. The first-order chi connectivity index (χ1) is 12.2. The van der Waals surface area contributed by atoms with E-state index in [4.69, 9.17) is 9.47 Å². The molecule has 146 valence electrons. The third kappa shape index (κ3) is 18.9. The molecule has 4 heteroatoms. The molecule has 0 unspecified atom stereocenters. The van der Waals surface area contributed by atoms with Gasteiger partial charge < -0.3 is 9.47 Å². The first kappa shape index (κ1) is 23.7. The molecule has 0 N–H and O–H groups in total. The van der Waals surface area contributed by atoms with E-state index in [1.807, 2.05) is 0 Å². The maximum atomic E-state index is 11.5. The number of hydrogen-bond donors (Lipinski definition) is 0. The van der Waals surface area contributed by atoms with E-state index >= 15 is 0 Å². The number of hydrogen-bond acceptors (Lipinski definition) is 4. The minimum Gasteiger partial charge on any atom is -0.466 e. The van der Waals surface area contributed by atoms with Gasteiger partial charge in [0.05, 0.1) is 25.7 Å². The molecule has 0 aromatic carbocycles. The van der Waals surface area contributed by atoms with Crippen LogP contribution < -0.4 is 0 Å². The Morgan fingerprint density at radius 2 is 1.28 bits per heavy atom. The normalized spacial score (nSPS) is 11.0. The van der Waals surface area contributed by atoms with Gasteiger partial charge in [-0.3, -0.25) is 9.59 Å². The van der Waals surface area contributed by atoms with Gasteiger partial charge in [-0.05, 0) is 18.9 Å². The van der Waals surface area contributed by atoms with E-state index in [-0.39, 0.29) is 24.8 Å². The van der Waals surface area contributed by atoms with Crippen LogP contribution in [0.2, 0.25) is 0 Å². The van der Waals surface area contributed by atoms with Crippen molar-refractivity contribution in [1.29, 1.82) is 0 Å². The van der Waals surface area contributed by atoms with Crippen LogP contribution in [-0.4, -0.2) is 18.5 Å². The van der Waals surface area contributed by atoms with E-state index < -0.39 is 0 Å². The predicted octanol–water partition coefficient (Wildman–Crippen LogP) is 6.09. The molecule has 0 heterocycles. The lowest BCUT2D eigenvalue weighted by molar-refractivity contribution is -0.148. The van der Waals surface area contributed by atoms with Crippen LogP contribution in [-0.2, 0) is 19.1 Å². The fraction of sp³-hybridized carbons (Fsp3) is 0.810. The summed E-state index contributed by atoms with van der Waals surface area (Å²) in [6.45, 7) is 4.75. The van der Waals surface area contributed by atoms with Gasteiger partial charge in [-0.25, -0.2) is 0 Å². The lowest BCUT2D eigenvalue weighted by Gasteiger charge is -2.05. The van der Waals surface area contributed by atoms with Crippen molar-refractivity contribution in [3.63, 3.8) is 0 Å². The van der Waals surface area contributed by atoms with Gasteiger partial charge in [0.15, 0.2) is 0 Å². The Bertz CT molecular complexity index is 350. The Labute approximate surface area is 154 Å². The Kier molecular flexibility index (Phi) is 18.0. The largest absolute Gasteiger partial charge is 0.466 e. The van der Waals surface area contributed by atoms with E-state index in [1.165, 1.54) is 57.6 Å². The molecule has 0 saturated heterocycles. The van der Waals surface area contributed by atoms with Crippen molar-refractivity contribution >= 4 is 11.9 Å². The summed E-state index contributed by atoms with van der Waals surface area (Å²) < 4.78 is 10.0. The molecule has 0 saturated carbocycles. The number of esters is 2. The minimum absolute atomic E-state index is 0.0767. The maximum Gasteiger partial charge on any atom is 0.311 e. The number of ether oxygens (including phenoxy) is 2. The number of unbranched alkanes of at least 4 members (excludes halogenated alkanes) is 10. The molecule has 25 heavy (non-hydrogen) atoms. The highest BCUT2D eigenvalue weighted by atomic mass is 16.5. The average Bonchev–Trinajstić information content (AvgIpc) is 2.61. The second-order valence-electron chi connectivity index (χ2n) is 6.55. The lowest BCUT2D eigenvalue weighted by atomic mass is 10.1. The smallest absolute Gasteiger partial charge is 0.311 e. The van der Waals surface area contributed by atoms with Gasteiger partial charge in [0, 0.05) is 0 Å². The van der Waals surface area contributed by atoms with Gasteiger partial charge in [-0.15, -0.1) is 0 Å². The molecule has 0 fully saturated rings. The summed E-state index contributed by atoms with van der Waals surface area (Å²) in [5.41, 5.74) is 0. The van der Waals surface area contributed by atoms with Gasteiger partial charge in [0.25, 0.3) is 0 Å². The molecule has 4 nitrogen and oxygen atoms in total. The zero-order chi connectivity index (χ0) is 18.6. The number of rotatable bonds is 17. The van der Waals surface area contributed by atoms with Crippen LogP contribution in [0.25, 0.3) is 0 Å². The first-order valence-electron chi connectivity index (χ1n) is 10.2. The van der Waals surface area contributed by atoms with Crippen molar-refractivity contribution in [2.24, 2.45) is 0 Å². The van der Waals surface area contributed by atoms with E-state index in [0.29, 0.717) is 6.61 Å². The molecule has 0 aliphatic heterocycles. The van der Waals surface area contributed by atoms with Crippen molar-refractivity contribution < 1.29 is 19.1 Å². The first-order valence-corrected chi connectivity index (χ1v) is 10.2. The fourth-order valence-electron chi connectivity index (χ4n) is 2.47. The summed E-state index contributed by atoms with van der Waals surface area (Å²) in [5, 5.41) is 0. The van der Waals surface area contributed by atoms with Crippen LogP contribution in [0.3, 0.4) is 0 Å². The number of carbonyl (C=O) groups is 2. The van der Waals surface area contributed by atoms with Crippen molar-refractivity contribution in [3.8, 4) is 0 Å². The molecule has 0 rings (SSSR count). The standard InChI is InChI=1S/C21H38O4/c1-3-5-7-8-9-10-11-12-13-15-19-25-21(23)17-16-20(22)24-18-14-6-4-2/h14,18H,3-13,15-17,19H2,1-2H3. The highest BCUT2D eigenvalue weighted by molar-refractivity contribution is 5.77. The Morgan fingerprint density at radius 3 is 1.88 bits per heavy atom. The van der Waals surface area contributed by atoms with E-state index in [1.54, 1.807) is 6.08 Å². The topological polar surface area (TPSA) is 52.6 Å². The minimum atomic E-state index is -0.386. The summed E-state index contributed by atoms with van der Waals surface area (Å²) in [5.74, 6) is -0.700. The highest BCUT2D eigenvalue weighted by Gasteiger charge is 2.08. The predicted molar refractivity (Wildman–Crippen MR) is 102 cm³/mol. The van der Waals surface area contributed by atoms with Crippen molar-refractivity contribution in [1.82, 2.24) is 0 Å². The SMILES string of the molecule is CCCC=COC(=O)CCC(=O)OCCCCCCCCCCCC. The van der Waals surface area contributed by atoms with Crippen LogP contribution in [0, 0.1) is 0 Å². The van der Waals surface area contributed by atoms with E-state index in [9.17, 15) is 9.59 Å². The Hall–Kier alpha value is -1.32. The molecule has 0 radical (unpaired) electrons. The zero-order valence-electron chi connectivity index (χ0n) is 16.4. The van der Waals surface area contributed by atoms with Gasteiger partial charge in [0.1, 0.15) is 0 Å². The molecular weight excluding hydrogens is 316 g/mol. The number of allylic oxidation sites excluding steroid dienone is 1. The average molecular weight is 355 g/mol. The second kappa shape index (κ2) is 19.0. The third-order valence-electron chi connectivity index (χ3n) is 4.05. The van der Waals surface area contributed by atoms with Crippen LogP contribution in [0.5, 0.6) is 0 Å². The molecule has 0 atom stereocenters. The molecule has 0 amide bonds. The number of carbonyl (C=O) groups excluding carboxylic acids is 2. The Morgan fingerprint density at radius 1 is 0.720 bits per heavy atom.